The lowest BCUT2D eigenvalue weighted by Gasteiger charge is -2.18. The number of nitrogens with zero attached hydrogens (tertiary/aromatic N) is 1. The van der Waals surface area contributed by atoms with Gasteiger partial charge in [0.2, 0.25) is 0 Å². The minimum atomic E-state index is -0.597. The van der Waals surface area contributed by atoms with Gasteiger partial charge in [-0.2, -0.15) is 0 Å². The van der Waals surface area contributed by atoms with Crippen LogP contribution in [-0.4, -0.2) is 22.2 Å². The fourth-order valence-electron chi connectivity index (χ4n) is 3.17. The van der Waals surface area contributed by atoms with Crippen LogP contribution < -0.4 is 10.6 Å². The molecule has 24 heavy (non-hydrogen) atoms. The van der Waals surface area contributed by atoms with Crippen molar-refractivity contribution in [3.8, 4) is 0 Å². The van der Waals surface area contributed by atoms with Crippen LogP contribution in [0.2, 0.25) is 0 Å². The molecule has 0 saturated carbocycles. The van der Waals surface area contributed by atoms with Gasteiger partial charge in [0.15, 0.2) is 0 Å². The van der Waals surface area contributed by atoms with Crippen molar-refractivity contribution < 1.29 is 9.90 Å². The highest BCUT2D eigenvalue weighted by atomic mass is 32.1. The standard InChI is InChI=1S/C18H17N3O2S/c1-10-19-14-7-6-12(9-16(14)24-10)20-18(23)21-17-13-5-3-2-4-11(13)8-15(17)22/h2-7,9,15,17,22H,8H2,1H3,(H2,20,21,23)/t15-,17+/m0/s1. The van der Waals surface area contributed by atoms with E-state index < -0.39 is 6.10 Å². The number of aliphatic hydroxyl groups is 1. The van der Waals surface area contributed by atoms with E-state index in [2.05, 4.69) is 15.6 Å². The van der Waals surface area contributed by atoms with E-state index in [1.807, 2.05) is 49.4 Å². The molecule has 0 spiro atoms. The summed E-state index contributed by atoms with van der Waals surface area (Å²) >= 11 is 1.59. The van der Waals surface area contributed by atoms with Gasteiger partial charge in [-0.25, -0.2) is 9.78 Å². The summed E-state index contributed by atoms with van der Waals surface area (Å²) in [6.45, 7) is 1.96. The third-order valence-corrected chi connectivity index (χ3v) is 5.18. The van der Waals surface area contributed by atoms with Gasteiger partial charge in [0.25, 0.3) is 0 Å². The fraction of sp³-hybridized carbons (Fsp3) is 0.222. The number of aryl methyl sites for hydroxylation is 1. The lowest BCUT2D eigenvalue weighted by molar-refractivity contribution is 0.144. The van der Waals surface area contributed by atoms with E-state index in [1.165, 1.54) is 0 Å². The van der Waals surface area contributed by atoms with Gasteiger partial charge in [0.05, 0.1) is 27.4 Å². The van der Waals surface area contributed by atoms with Gasteiger partial charge >= 0.3 is 6.03 Å². The van der Waals surface area contributed by atoms with Crippen LogP contribution in [0.25, 0.3) is 10.2 Å². The number of anilines is 1. The highest BCUT2D eigenvalue weighted by molar-refractivity contribution is 7.18. The van der Waals surface area contributed by atoms with Gasteiger partial charge in [-0.3, -0.25) is 0 Å². The zero-order valence-corrected chi connectivity index (χ0v) is 13.9. The third kappa shape index (κ3) is 2.74. The molecule has 2 aromatic carbocycles. The van der Waals surface area contributed by atoms with Crippen molar-refractivity contribution in [3.63, 3.8) is 0 Å². The molecule has 0 radical (unpaired) electrons. The molecule has 2 atom stereocenters. The van der Waals surface area contributed by atoms with Crippen LogP contribution in [0.15, 0.2) is 42.5 Å². The Bertz CT molecular complexity index is 922. The summed E-state index contributed by atoms with van der Waals surface area (Å²) in [5.41, 5.74) is 3.71. The number of benzene rings is 2. The van der Waals surface area contributed by atoms with Gasteiger partial charge in [0.1, 0.15) is 0 Å². The van der Waals surface area contributed by atoms with Crippen LogP contribution in [0.1, 0.15) is 22.2 Å². The maximum absolute atomic E-state index is 12.3. The Morgan fingerprint density at radius 2 is 2.12 bits per heavy atom. The summed E-state index contributed by atoms with van der Waals surface area (Å²) in [6, 6.07) is 12.7. The lowest BCUT2D eigenvalue weighted by atomic mass is 10.1. The van der Waals surface area contributed by atoms with Crippen molar-refractivity contribution in [3.05, 3.63) is 58.6 Å². The number of rotatable bonds is 2. The molecule has 0 fully saturated rings. The van der Waals surface area contributed by atoms with Crippen LogP contribution in [0, 0.1) is 6.92 Å². The van der Waals surface area contributed by atoms with Crippen LogP contribution in [0.5, 0.6) is 0 Å². The molecule has 1 heterocycles. The Hall–Kier alpha value is -2.44. The maximum atomic E-state index is 12.3. The number of carbonyl (C=O) groups excluding carboxylic acids is 1. The van der Waals surface area contributed by atoms with Crippen LogP contribution in [0.3, 0.4) is 0 Å². The average Bonchev–Trinajstić information content (AvgIpc) is 3.06. The van der Waals surface area contributed by atoms with Gasteiger partial charge < -0.3 is 15.7 Å². The van der Waals surface area contributed by atoms with Gasteiger partial charge in [-0.05, 0) is 36.2 Å². The minimum Gasteiger partial charge on any atom is -0.390 e. The summed E-state index contributed by atoms with van der Waals surface area (Å²) < 4.78 is 1.04. The molecule has 0 aliphatic heterocycles. The summed E-state index contributed by atoms with van der Waals surface area (Å²) in [7, 11) is 0. The SMILES string of the molecule is Cc1nc2ccc(NC(=O)N[C@@H]3c4ccccc4C[C@@H]3O)cc2s1. The minimum absolute atomic E-state index is 0.323. The number of hydrogen-bond acceptors (Lipinski definition) is 4. The van der Waals surface area contributed by atoms with E-state index in [1.54, 1.807) is 11.3 Å². The number of hydrogen-bond donors (Lipinski definition) is 3. The van der Waals surface area contributed by atoms with Gasteiger partial charge in [-0.15, -0.1) is 11.3 Å². The van der Waals surface area contributed by atoms with E-state index in [4.69, 9.17) is 0 Å². The van der Waals surface area contributed by atoms with Crippen molar-refractivity contribution in [2.45, 2.75) is 25.5 Å². The number of urea groups is 1. The van der Waals surface area contributed by atoms with Crippen LogP contribution >= 0.6 is 11.3 Å². The highest BCUT2D eigenvalue weighted by Crippen LogP contribution is 2.31. The van der Waals surface area contributed by atoms with E-state index in [0.717, 1.165) is 26.4 Å². The highest BCUT2D eigenvalue weighted by Gasteiger charge is 2.31. The monoisotopic (exact) mass is 339 g/mol. The molecule has 3 N–H and O–H groups in total. The zero-order valence-electron chi connectivity index (χ0n) is 13.1. The number of carbonyl (C=O) groups is 1. The maximum Gasteiger partial charge on any atom is 0.319 e. The molecule has 4 rings (SSSR count). The average molecular weight is 339 g/mol. The first-order chi connectivity index (χ1) is 11.6. The second-order valence-corrected chi connectivity index (χ2v) is 7.20. The number of aliphatic hydroxyl groups excluding tert-OH is 1. The summed E-state index contributed by atoms with van der Waals surface area (Å²) in [4.78, 5) is 16.7. The largest absolute Gasteiger partial charge is 0.390 e. The number of amides is 2. The van der Waals surface area contributed by atoms with E-state index in [-0.39, 0.29) is 12.1 Å². The van der Waals surface area contributed by atoms with Gasteiger partial charge in [0, 0.05) is 12.1 Å². The van der Waals surface area contributed by atoms with E-state index in [0.29, 0.717) is 12.1 Å². The molecule has 1 aliphatic rings. The number of fused-ring (bicyclic) bond motifs is 2. The Morgan fingerprint density at radius 3 is 3.00 bits per heavy atom. The van der Waals surface area contributed by atoms with Crippen molar-refractivity contribution in [1.82, 2.24) is 10.3 Å². The zero-order chi connectivity index (χ0) is 16.7. The Kier molecular flexibility index (Phi) is 3.70. The molecule has 1 aliphatic carbocycles. The molecule has 0 unspecified atom stereocenters. The molecule has 5 nitrogen and oxygen atoms in total. The first-order valence-electron chi connectivity index (χ1n) is 7.81. The van der Waals surface area contributed by atoms with Gasteiger partial charge in [-0.1, -0.05) is 24.3 Å². The van der Waals surface area contributed by atoms with Crippen LogP contribution in [0.4, 0.5) is 10.5 Å². The fourth-order valence-corrected chi connectivity index (χ4v) is 4.04. The molecule has 6 heteroatoms. The molecule has 0 bridgehead atoms. The Balaban J connectivity index is 1.50. The Labute approximate surface area is 143 Å². The van der Waals surface area contributed by atoms with Crippen LogP contribution in [-0.2, 0) is 6.42 Å². The number of thiazole rings is 1. The van der Waals surface area contributed by atoms with E-state index >= 15 is 0 Å². The molecule has 3 aromatic rings. The quantitative estimate of drug-likeness (QED) is 0.670. The first kappa shape index (κ1) is 15.1. The molecule has 122 valence electrons. The number of nitrogens with one attached hydrogen (secondary N) is 2. The first-order valence-corrected chi connectivity index (χ1v) is 8.62. The second kappa shape index (κ2) is 5.89. The van der Waals surface area contributed by atoms with Crippen molar-refractivity contribution in [2.75, 3.05) is 5.32 Å². The molecule has 0 saturated heterocycles. The smallest absolute Gasteiger partial charge is 0.319 e. The molecular weight excluding hydrogens is 322 g/mol. The lowest BCUT2D eigenvalue weighted by Crippen LogP contribution is -2.36. The van der Waals surface area contributed by atoms with Crippen molar-refractivity contribution >= 4 is 33.3 Å². The molecular formula is C18H17N3O2S. The summed E-state index contributed by atoms with van der Waals surface area (Å²) in [6.07, 6.45) is -0.0347. The summed E-state index contributed by atoms with van der Waals surface area (Å²) in [5, 5.41) is 16.9. The summed E-state index contributed by atoms with van der Waals surface area (Å²) in [5.74, 6) is 0. The predicted octanol–water partition coefficient (Wildman–Crippen LogP) is 3.38. The van der Waals surface area contributed by atoms with Crippen molar-refractivity contribution in [2.24, 2.45) is 0 Å². The topological polar surface area (TPSA) is 74.2 Å². The molecule has 2 amide bonds. The number of aromatic nitrogens is 1. The second-order valence-electron chi connectivity index (χ2n) is 5.96. The van der Waals surface area contributed by atoms with E-state index in [9.17, 15) is 9.90 Å². The Morgan fingerprint density at radius 1 is 1.29 bits per heavy atom. The molecule has 1 aromatic heterocycles. The predicted molar refractivity (Wildman–Crippen MR) is 95.4 cm³/mol. The normalized spacial score (nSPS) is 19.2. The third-order valence-electron chi connectivity index (χ3n) is 4.24. The van der Waals surface area contributed by atoms with Crippen molar-refractivity contribution in [1.29, 1.82) is 0 Å².